The Morgan fingerprint density at radius 1 is 1.11 bits per heavy atom. The van der Waals surface area contributed by atoms with E-state index in [2.05, 4.69) is 5.32 Å². The first kappa shape index (κ1) is 16.9. The van der Waals surface area contributed by atoms with Crippen LogP contribution in [0.1, 0.15) is 48.5 Å². The summed E-state index contributed by atoms with van der Waals surface area (Å²) in [7, 11) is 0. The second kappa shape index (κ2) is 5.69. The highest BCUT2D eigenvalue weighted by atomic mass is 16.6. The number of rotatable bonds is 3. The lowest BCUT2D eigenvalue weighted by Crippen LogP contribution is -2.52. The minimum atomic E-state index is -1.05. The average molecular weight is 259 g/mol. The molecule has 1 amide bonds. The predicted molar refractivity (Wildman–Crippen MR) is 68.9 cm³/mol. The Labute approximate surface area is 109 Å². The Hall–Kier alpha value is -1.10. The third-order valence-corrected chi connectivity index (χ3v) is 2.11. The third-order valence-electron chi connectivity index (χ3n) is 2.11. The molecule has 0 heterocycles. The molecule has 0 spiro atoms. The molecule has 1 unspecified atom stereocenters. The molecule has 0 fully saturated rings. The van der Waals surface area contributed by atoms with E-state index in [0.29, 0.717) is 0 Å². The zero-order valence-electron chi connectivity index (χ0n) is 12.3. The van der Waals surface area contributed by atoms with Crippen molar-refractivity contribution in [1.82, 2.24) is 5.32 Å². The molecule has 2 atom stereocenters. The minimum absolute atomic E-state index is 0.306. The van der Waals surface area contributed by atoms with Gasteiger partial charge in [0.1, 0.15) is 5.60 Å². The van der Waals surface area contributed by atoms with Crippen LogP contribution in [-0.4, -0.2) is 34.7 Å². The standard InChI is InChI=1S/C13H25NO4/c1-8(15)9(10(16)18-13(5,6)7)14-11(17)12(2,3)4/h8-9,15H,1-7H3,(H,14,17)/t8?,9-/m0/s1. The smallest absolute Gasteiger partial charge is 0.331 e. The predicted octanol–water partition coefficient (Wildman–Crippen LogP) is 1.24. The molecule has 0 rings (SSSR count). The number of esters is 1. The molecular formula is C13H25NO4. The molecule has 0 aliphatic carbocycles. The van der Waals surface area contributed by atoms with Gasteiger partial charge in [-0.1, -0.05) is 20.8 Å². The lowest BCUT2D eigenvalue weighted by atomic mass is 9.95. The molecule has 0 saturated carbocycles. The van der Waals surface area contributed by atoms with Crippen LogP contribution in [0.5, 0.6) is 0 Å². The number of nitrogens with one attached hydrogen (secondary N) is 1. The van der Waals surface area contributed by atoms with Gasteiger partial charge in [0.15, 0.2) is 6.04 Å². The van der Waals surface area contributed by atoms with Gasteiger partial charge in [-0.15, -0.1) is 0 Å². The molecule has 0 aromatic heterocycles. The topological polar surface area (TPSA) is 75.6 Å². The summed E-state index contributed by atoms with van der Waals surface area (Å²) in [6.07, 6.45) is -1.01. The van der Waals surface area contributed by atoms with Gasteiger partial charge in [0.05, 0.1) is 6.10 Å². The quantitative estimate of drug-likeness (QED) is 0.748. The van der Waals surface area contributed by atoms with Crippen LogP contribution in [0.15, 0.2) is 0 Å². The van der Waals surface area contributed by atoms with Crippen molar-refractivity contribution in [2.24, 2.45) is 5.41 Å². The fourth-order valence-corrected chi connectivity index (χ4v) is 1.10. The molecule has 0 aromatic rings. The van der Waals surface area contributed by atoms with Gasteiger partial charge < -0.3 is 15.2 Å². The second-order valence-electron chi connectivity index (χ2n) is 6.48. The molecule has 18 heavy (non-hydrogen) atoms. The Morgan fingerprint density at radius 3 is 1.83 bits per heavy atom. The number of hydrogen-bond donors (Lipinski definition) is 2. The highest BCUT2D eigenvalue weighted by Crippen LogP contribution is 2.15. The lowest BCUT2D eigenvalue weighted by Gasteiger charge is -2.28. The maximum atomic E-state index is 11.9. The molecule has 0 bridgehead atoms. The molecule has 106 valence electrons. The van der Waals surface area contributed by atoms with Crippen molar-refractivity contribution >= 4 is 11.9 Å². The Morgan fingerprint density at radius 2 is 1.56 bits per heavy atom. The first-order valence-electron chi connectivity index (χ1n) is 6.06. The van der Waals surface area contributed by atoms with E-state index in [9.17, 15) is 14.7 Å². The summed E-state index contributed by atoms with van der Waals surface area (Å²) in [4.78, 5) is 23.7. The fraction of sp³-hybridized carbons (Fsp3) is 0.846. The van der Waals surface area contributed by atoms with Crippen molar-refractivity contribution in [1.29, 1.82) is 0 Å². The van der Waals surface area contributed by atoms with Crippen molar-refractivity contribution in [2.45, 2.75) is 66.2 Å². The Bertz CT molecular complexity index is 310. The summed E-state index contributed by atoms with van der Waals surface area (Å²) in [5, 5.41) is 12.1. The number of aliphatic hydroxyl groups is 1. The largest absolute Gasteiger partial charge is 0.458 e. The van der Waals surface area contributed by atoms with E-state index in [1.165, 1.54) is 6.92 Å². The number of carbonyl (C=O) groups excluding carboxylic acids is 2. The summed E-state index contributed by atoms with van der Waals surface area (Å²) in [6, 6.07) is -1.05. The molecule has 0 aliphatic rings. The molecule has 0 aliphatic heterocycles. The van der Waals surface area contributed by atoms with Crippen molar-refractivity contribution in [3.8, 4) is 0 Å². The SMILES string of the molecule is CC(O)[C@H](NC(=O)C(C)(C)C)C(=O)OC(C)(C)C. The van der Waals surface area contributed by atoms with E-state index >= 15 is 0 Å². The van der Waals surface area contributed by atoms with Gasteiger partial charge in [-0.05, 0) is 27.7 Å². The molecular weight excluding hydrogens is 234 g/mol. The van der Waals surface area contributed by atoms with Gasteiger partial charge in [-0.3, -0.25) is 4.79 Å². The molecule has 5 heteroatoms. The van der Waals surface area contributed by atoms with Crippen LogP contribution in [0.3, 0.4) is 0 Å². The monoisotopic (exact) mass is 259 g/mol. The second-order valence-corrected chi connectivity index (χ2v) is 6.48. The molecule has 0 aromatic carbocycles. The summed E-state index contributed by atoms with van der Waals surface area (Å²) in [6.45, 7) is 11.8. The van der Waals surface area contributed by atoms with Gasteiger partial charge >= 0.3 is 5.97 Å². The van der Waals surface area contributed by atoms with Crippen LogP contribution in [0.2, 0.25) is 0 Å². The van der Waals surface area contributed by atoms with E-state index in [4.69, 9.17) is 4.74 Å². The first-order valence-corrected chi connectivity index (χ1v) is 6.06. The number of carbonyl (C=O) groups is 2. The molecule has 0 saturated heterocycles. The van der Waals surface area contributed by atoms with E-state index in [1.807, 2.05) is 0 Å². The maximum absolute atomic E-state index is 11.9. The zero-order chi connectivity index (χ0) is 14.7. The highest BCUT2D eigenvalue weighted by molar-refractivity contribution is 5.87. The number of hydrogen-bond acceptors (Lipinski definition) is 4. The van der Waals surface area contributed by atoms with Crippen LogP contribution in [0.25, 0.3) is 0 Å². The van der Waals surface area contributed by atoms with Crippen molar-refractivity contribution in [2.75, 3.05) is 0 Å². The lowest BCUT2D eigenvalue weighted by molar-refractivity contribution is -0.162. The molecule has 0 radical (unpaired) electrons. The average Bonchev–Trinajstić information content (AvgIpc) is 2.07. The third kappa shape index (κ3) is 6.00. The number of ether oxygens (including phenoxy) is 1. The van der Waals surface area contributed by atoms with Gasteiger partial charge in [0.25, 0.3) is 0 Å². The summed E-state index contributed by atoms with van der Waals surface area (Å²) >= 11 is 0. The Balaban J connectivity index is 4.79. The first-order chi connectivity index (χ1) is 7.84. The van der Waals surface area contributed by atoms with Gasteiger partial charge in [-0.2, -0.15) is 0 Å². The zero-order valence-corrected chi connectivity index (χ0v) is 12.3. The number of aliphatic hydroxyl groups excluding tert-OH is 1. The van der Waals surface area contributed by atoms with Crippen LogP contribution in [-0.2, 0) is 14.3 Å². The van der Waals surface area contributed by atoms with Crippen molar-refractivity contribution in [3.05, 3.63) is 0 Å². The van der Waals surface area contributed by atoms with E-state index in [1.54, 1.807) is 41.5 Å². The van der Waals surface area contributed by atoms with Crippen LogP contribution >= 0.6 is 0 Å². The minimum Gasteiger partial charge on any atom is -0.458 e. The van der Waals surface area contributed by atoms with Crippen molar-refractivity contribution < 1.29 is 19.4 Å². The normalized spacial score (nSPS) is 15.8. The van der Waals surface area contributed by atoms with Gasteiger partial charge in [0, 0.05) is 5.41 Å². The molecule has 2 N–H and O–H groups in total. The maximum Gasteiger partial charge on any atom is 0.331 e. The summed E-state index contributed by atoms with van der Waals surface area (Å²) in [5.41, 5.74) is -1.29. The van der Waals surface area contributed by atoms with Crippen molar-refractivity contribution in [3.63, 3.8) is 0 Å². The van der Waals surface area contributed by atoms with Crippen LogP contribution in [0.4, 0.5) is 0 Å². The van der Waals surface area contributed by atoms with Gasteiger partial charge in [-0.25, -0.2) is 4.79 Å². The number of amides is 1. The van der Waals surface area contributed by atoms with Crippen LogP contribution in [0, 0.1) is 5.41 Å². The fourth-order valence-electron chi connectivity index (χ4n) is 1.10. The van der Waals surface area contributed by atoms with E-state index in [0.717, 1.165) is 0 Å². The summed E-state index contributed by atoms with van der Waals surface area (Å²) in [5.74, 6) is -0.936. The van der Waals surface area contributed by atoms with E-state index < -0.39 is 29.1 Å². The molecule has 5 nitrogen and oxygen atoms in total. The summed E-state index contributed by atoms with van der Waals surface area (Å²) < 4.78 is 5.16. The van der Waals surface area contributed by atoms with Gasteiger partial charge in [0.2, 0.25) is 5.91 Å². The Kier molecular flexibility index (Phi) is 5.35. The van der Waals surface area contributed by atoms with Crippen LogP contribution < -0.4 is 5.32 Å². The van der Waals surface area contributed by atoms with E-state index in [-0.39, 0.29) is 5.91 Å². The highest BCUT2D eigenvalue weighted by Gasteiger charge is 2.33.